The molecule has 0 spiro atoms. The van der Waals surface area contributed by atoms with Gasteiger partial charge in [-0.2, -0.15) is 0 Å². The van der Waals surface area contributed by atoms with Crippen LogP contribution in [0.3, 0.4) is 0 Å². The zero-order valence-electron chi connectivity index (χ0n) is 11.8. The predicted octanol–water partition coefficient (Wildman–Crippen LogP) is 2.41. The van der Waals surface area contributed by atoms with E-state index < -0.39 is 0 Å². The molecule has 17 heavy (non-hydrogen) atoms. The molecule has 0 aromatic carbocycles. The van der Waals surface area contributed by atoms with Crippen LogP contribution in [0.2, 0.25) is 0 Å². The lowest BCUT2D eigenvalue weighted by Crippen LogP contribution is -2.56. The zero-order chi connectivity index (χ0) is 12.8. The van der Waals surface area contributed by atoms with Gasteiger partial charge in [-0.1, -0.05) is 26.7 Å². The molecule has 1 heterocycles. The number of unbranched alkanes of at least 4 members (excludes halogenated alkanes) is 1. The van der Waals surface area contributed by atoms with Crippen molar-refractivity contribution in [2.24, 2.45) is 5.92 Å². The summed E-state index contributed by atoms with van der Waals surface area (Å²) in [6.45, 7) is 10.4. The van der Waals surface area contributed by atoms with E-state index >= 15 is 0 Å². The van der Waals surface area contributed by atoms with Crippen molar-refractivity contribution in [3.8, 4) is 0 Å². The van der Waals surface area contributed by atoms with Gasteiger partial charge in [0, 0.05) is 31.1 Å². The van der Waals surface area contributed by atoms with Gasteiger partial charge < -0.3 is 10.2 Å². The molecule has 1 rings (SSSR count). The molecule has 0 radical (unpaired) electrons. The molecule has 3 nitrogen and oxygen atoms in total. The number of carbonyl (C=O) groups is 1. The van der Waals surface area contributed by atoms with Crippen LogP contribution in [0.4, 0.5) is 0 Å². The summed E-state index contributed by atoms with van der Waals surface area (Å²) in [5.74, 6) is 0.619. The number of rotatable bonds is 5. The number of piperazine rings is 1. The van der Waals surface area contributed by atoms with Gasteiger partial charge in [-0.05, 0) is 26.7 Å². The van der Waals surface area contributed by atoms with Gasteiger partial charge in [-0.3, -0.25) is 4.79 Å². The Kier molecular flexibility index (Phi) is 5.96. The molecule has 1 amide bonds. The average molecular weight is 240 g/mol. The van der Waals surface area contributed by atoms with E-state index in [1.54, 1.807) is 0 Å². The molecule has 100 valence electrons. The average Bonchev–Trinajstić information content (AvgIpc) is 2.28. The highest BCUT2D eigenvalue weighted by Gasteiger charge is 2.28. The number of amides is 1. The second-order valence-corrected chi connectivity index (χ2v) is 5.46. The molecule has 0 saturated carbocycles. The molecule has 1 aliphatic heterocycles. The van der Waals surface area contributed by atoms with Gasteiger partial charge in [0.15, 0.2) is 0 Å². The molecule has 1 saturated heterocycles. The maximum absolute atomic E-state index is 12.4. The van der Waals surface area contributed by atoms with Crippen LogP contribution in [-0.2, 0) is 4.79 Å². The second kappa shape index (κ2) is 7.00. The summed E-state index contributed by atoms with van der Waals surface area (Å²) in [7, 11) is 0. The maximum Gasteiger partial charge on any atom is 0.225 e. The van der Waals surface area contributed by atoms with E-state index in [9.17, 15) is 4.79 Å². The molecule has 3 atom stereocenters. The third-order valence-corrected chi connectivity index (χ3v) is 3.62. The fourth-order valence-corrected chi connectivity index (χ4v) is 2.72. The lowest BCUT2D eigenvalue weighted by molar-refractivity contribution is -0.137. The minimum absolute atomic E-state index is 0.243. The van der Waals surface area contributed by atoms with Crippen molar-refractivity contribution in [3.63, 3.8) is 0 Å². The van der Waals surface area contributed by atoms with Gasteiger partial charge in [-0.25, -0.2) is 0 Å². The van der Waals surface area contributed by atoms with Crippen molar-refractivity contribution in [1.29, 1.82) is 0 Å². The Balaban J connectivity index is 2.54. The maximum atomic E-state index is 12.4. The normalized spacial score (nSPS) is 26.9. The first-order valence-electron chi connectivity index (χ1n) is 7.13. The molecule has 3 heteroatoms. The van der Waals surface area contributed by atoms with Gasteiger partial charge in [0.1, 0.15) is 0 Å². The largest absolute Gasteiger partial charge is 0.339 e. The minimum atomic E-state index is 0.243. The lowest BCUT2D eigenvalue weighted by atomic mass is 9.96. The molecule has 1 N–H and O–H groups in total. The Bertz CT molecular complexity index is 232. The van der Waals surface area contributed by atoms with Crippen molar-refractivity contribution < 1.29 is 4.79 Å². The molecule has 0 bridgehead atoms. The number of nitrogens with zero attached hydrogens (tertiary/aromatic N) is 1. The van der Waals surface area contributed by atoms with Crippen LogP contribution in [0.15, 0.2) is 0 Å². The van der Waals surface area contributed by atoms with Crippen molar-refractivity contribution in [1.82, 2.24) is 10.2 Å². The van der Waals surface area contributed by atoms with Crippen LogP contribution in [-0.4, -0.2) is 36.0 Å². The molecule has 1 aliphatic rings. The third-order valence-electron chi connectivity index (χ3n) is 3.62. The Labute approximate surface area is 106 Å². The number of carbonyl (C=O) groups excluding carboxylic acids is 1. The van der Waals surface area contributed by atoms with Crippen LogP contribution in [0.1, 0.15) is 53.4 Å². The molecular formula is C14H28N2O. The van der Waals surface area contributed by atoms with E-state index in [4.69, 9.17) is 0 Å². The number of hydrogen-bond acceptors (Lipinski definition) is 2. The van der Waals surface area contributed by atoms with E-state index in [1.165, 1.54) is 12.8 Å². The molecular weight excluding hydrogens is 212 g/mol. The molecule has 3 unspecified atom stereocenters. The highest BCUT2D eigenvalue weighted by molar-refractivity contribution is 5.79. The molecule has 0 aromatic heterocycles. The van der Waals surface area contributed by atoms with Crippen LogP contribution in [0, 0.1) is 5.92 Å². The first-order chi connectivity index (χ1) is 8.08. The first-order valence-corrected chi connectivity index (χ1v) is 7.13. The SMILES string of the molecule is CCCCC(CC)C(=O)N1CC(C)NC(C)C1. The summed E-state index contributed by atoms with van der Waals surface area (Å²) < 4.78 is 0. The van der Waals surface area contributed by atoms with E-state index in [2.05, 4.69) is 37.9 Å². The Hall–Kier alpha value is -0.570. The van der Waals surface area contributed by atoms with Gasteiger partial charge in [-0.15, -0.1) is 0 Å². The van der Waals surface area contributed by atoms with Gasteiger partial charge >= 0.3 is 0 Å². The molecule has 1 fully saturated rings. The smallest absolute Gasteiger partial charge is 0.225 e. The fourth-order valence-electron chi connectivity index (χ4n) is 2.72. The van der Waals surface area contributed by atoms with Gasteiger partial charge in [0.05, 0.1) is 0 Å². The Morgan fingerprint density at radius 1 is 1.29 bits per heavy atom. The highest BCUT2D eigenvalue weighted by atomic mass is 16.2. The fraction of sp³-hybridized carbons (Fsp3) is 0.929. The molecule has 0 aromatic rings. The van der Waals surface area contributed by atoms with Crippen LogP contribution in [0.25, 0.3) is 0 Å². The molecule has 0 aliphatic carbocycles. The van der Waals surface area contributed by atoms with Crippen molar-refractivity contribution >= 4 is 5.91 Å². The van der Waals surface area contributed by atoms with E-state index in [0.717, 1.165) is 25.9 Å². The van der Waals surface area contributed by atoms with Crippen LogP contribution < -0.4 is 5.32 Å². The van der Waals surface area contributed by atoms with Gasteiger partial charge in [0.25, 0.3) is 0 Å². The first kappa shape index (κ1) is 14.5. The van der Waals surface area contributed by atoms with Crippen molar-refractivity contribution in [3.05, 3.63) is 0 Å². The van der Waals surface area contributed by atoms with Crippen molar-refractivity contribution in [2.45, 2.75) is 65.5 Å². The predicted molar refractivity (Wildman–Crippen MR) is 71.9 cm³/mol. The third kappa shape index (κ3) is 4.30. The Morgan fingerprint density at radius 3 is 2.35 bits per heavy atom. The van der Waals surface area contributed by atoms with E-state index in [-0.39, 0.29) is 5.92 Å². The zero-order valence-corrected chi connectivity index (χ0v) is 11.8. The summed E-state index contributed by atoms with van der Waals surface area (Å²) in [5, 5.41) is 3.47. The topological polar surface area (TPSA) is 32.3 Å². The Morgan fingerprint density at radius 2 is 1.88 bits per heavy atom. The van der Waals surface area contributed by atoms with Crippen molar-refractivity contribution in [2.75, 3.05) is 13.1 Å². The number of hydrogen-bond donors (Lipinski definition) is 1. The summed E-state index contributed by atoms with van der Waals surface area (Å²) >= 11 is 0. The standard InChI is InChI=1S/C14H28N2O/c1-5-7-8-13(6-2)14(17)16-9-11(3)15-12(4)10-16/h11-13,15H,5-10H2,1-4H3. The van der Waals surface area contributed by atoms with Crippen LogP contribution in [0.5, 0.6) is 0 Å². The summed E-state index contributed by atoms with van der Waals surface area (Å²) in [5.41, 5.74) is 0. The van der Waals surface area contributed by atoms with E-state index in [0.29, 0.717) is 18.0 Å². The summed E-state index contributed by atoms with van der Waals surface area (Å²) in [4.78, 5) is 14.5. The van der Waals surface area contributed by atoms with Gasteiger partial charge in [0.2, 0.25) is 5.91 Å². The van der Waals surface area contributed by atoms with Crippen LogP contribution >= 0.6 is 0 Å². The number of nitrogens with one attached hydrogen (secondary N) is 1. The lowest BCUT2D eigenvalue weighted by Gasteiger charge is -2.37. The quantitative estimate of drug-likeness (QED) is 0.800. The summed E-state index contributed by atoms with van der Waals surface area (Å²) in [6.07, 6.45) is 4.38. The monoisotopic (exact) mass is 240 g/mol. The minimum Gasteiger partial charge on any atom is -0.339 e. The second-order valence-electron chi connectivity index (χ2n) is 5.46. The summed E-state index contributed by atoms with van der Waals surface area (Å²) in [6, 6.07) is 0.845. The van der Waals surface area contributed by atoms with E-state index in [1.807, 2.05) is 0 Å². The highest BCUT2D eigenvalue weighted by Crippen LogP contribution is 2.17.